The number of hydrazone groups is 1. The molecule has 9 heteroatoms. The van der Waals surface area contributed by atoms with Crippen molar-refractivity contribution in [2.45, 2.75) is 51.8 Å². The van der Waals surface area contributed by atoms with Crippen LogP contribution in [0.2, 0.25) is 0 Å². The number of amidine groups is 1. The highest BCUT2D eigenvalue weighted by Gasteiger charge is 2.61. The van der Waals surface area contributed by atoms with Gasteiger partial charge in [0.25, 0.3) is 5.91 Å². The molecule has 0 aliphatic carbocycles. The summed E-state index contributed by atoms with van der Waals surface area (Å²) >= 11 is 1.07. The third kappa shape index (κ3) is 4.52. The molecule has 4 rings (SSSR count). The molecule has 2 aliphatic heterocycles. The van der Waals surface area contributed by atoms with Crippen molar-refractivity contribution < 1.29 is 19.1 Å². The second-order valence-corrected chi connectivity index (χ2v) is 10.9. The predicted octanol–water partition coefficient (Wildman–Crippen LogP) is 3.87. The molecule has 1 N–H and O–H groups in total. The van der Waals surface area contributed by atoms with Crippen LogP contribution >= 0.6 is 11.8 Å². The molecule has 2 aliphatic rings. The number of anilines is 1. The minimum Gasteiger partial charge on any atom is -0.492 e. The highest BCUT2D eigenvalue weighted by atomic mass is 32.2. The minimum absolute atomic E-state index is 0.0519. The monoisotopic (exact) mass is 494 g/mol. The first-order chi connectivity index (χ1) is 16.4. The first-order valence-corrected chi connectivity index (χ1v) is 12.3. The number of aryl methyl sites for hydroxylation is 1. The van der Waals surface area contributed by atoms with Gasteiger partial charge in [0.15, 0.2) is 5.17 Å². The second kappa shape index (κ2) is 9.03. The Morgan fingerprint density at radius 3 is 2.40 bits per heavy atom. The Kier molecular flexibility index (Phi) is 6.40. The maximum Gasteiger partial charge on any atom is 0.270 e. The first-order valence-electron chi connectivity index (χ1n) is 11.5. The van der Waals surface area contributed by atoms with E-state index in [0.717, 1.165) is 23.1 Å². The lowest BCUT2D eigenvalue weighted by Gasteiger charge is -2.29. The van der Waals surface area contributed by atoms with Gasteiger partial charge in [-0.15, -0.1) is 5.10 Å². The van der Waals surface area contributed by atoms with Crippen LogP contribution in [0.5, 0.6) is 5.75 Å². The number of carbonyl (C=O) groups excluding carboxylic acids is 3. The fraction of sp³-hybridized carbons (Fsp3) is 0.385. The van der Waals surface area contributed by atoms with Crippen molar-refractivity contribution in [3.8, 4) is 5.75 Å². The van der Waals surface area contributed by atoms with E-state index in [9.17, 15) is 14.4 Å². The van der Waals surface area contributed by atoms with Gasteiger partial charge in [-0.3, -0.25) is 14.4 Å². The predicted molar refractivity (Wildman–Crippen MR) is 137 cm³/mol. The number of benzene rings is 2. The molecule has 35 heavy (non-hydrogen) atoms. The van der Waals surface area contributed by atoms with E-state index in [2.05, 4.69) is 31.2 Å². The maximum absolute atomic E-state index is 13.9. The van der Waals surface area contributed by atoms with Gasteiger partial charge in [0.1, 0.15) is 12.4 Å². The first kappa shape index (κ1) is 24.8. The number of fused-ring (bicyclic) bond motifs is 2. The van der Waals surface area contributed by atoms with Gasteiger partial charge in [0.2, 0.25) is 16.7 Å². The molecule has 2 heterocycles. The third-order valence-corrected chi connectivity index (χ3v) is 7.20. The van der Waals surface area contributed by atoms with Crippen molar-refractivity contribution in [3.63, 3.8) is 0 Å². The lowest BCUT2D eigenvalue weighted by Crippen LogP contribution is -2.49. The van der Waals surface area contributed by atoms with Gasteiger partial charge in [0, 0.05) is 19.4 Å². The highest BCUT2D eigenvalue weighted by molar-refractivity contribution is 8.15. The van der Waals surface area contributed by atoms with Crippen LogP contribution in [0.3, 0.4) is 0 Å². The van der Waals surface area contributed by atoms with Crippen LogP contribution in [0, 0.1) is 6.92 Å². The lowest BCUT2D eigenvalue weighted by molar-refractivity contribution is -0.139. The topological polar surface area (TPSA) is 91.3 Å². The van der Waals surface area contributed by atoms with Crippen molar-refractivity contribution in [1.29, 1.82) is 0 Å². The third-order valence-electron chi connectivity index (χ3n) is 5.96. The van der Waals surface area contributed by atoms with Crippen LogP contribution in [-0.4, -0.2) is 41.0 Å². The van der Waals surface area contributed by atoms with E-state index in [1.807, 2.05) is 49.4 Å². The number of amides is 3. The average Bonchev–Trinajstić information content (AvgIpc) is 3.25. The molecular weight excluding hydrogens is 464 g/mol. The molecule has 184 valence electrons. The summed E-state index contributed by atoms with van der Waals surface area (Å²) in [6.45, 7) is 11.7. The number of carbonyl (C=O) groups is 3. The maximum atomic E-state index is 13.9. The number of ether oxygens (including phenoxy) is 1. The number of thioether (sulfide) groups is 1. The van der Waals surface area contributed by atoms with E-state index >= 15 is 0 Å². The molecule has 0 saturated carbocycles. The zero-order valence-corrected chi connectivity index (χ0v) is 21.7. The number of rotatable bonds is 4. The number of nitrogens with one attached hydrogen (secondary N) is 1. The van der Waals surface area contributed by atoms with Gasteiger partial charge >= 0.3 is 0 Å². The summed E-state index contributed by atoms with van der Waals surface area (Å²) < 4.78 is 5.95. The summed E-state index contributed by atoms with van der Waals surface area (Å²) in [4.78, 5) is 38.4. The van der Waals surface area contributed by atoms with Crippen molar-refractivity contribution in [1.82, 2.24) is 10.3 Å². The fourth-order valence-electron chi connectivity index (χ4n) is 4.25. The Balaban J connectivity index is 1.59. The van der Waals surface area contributed by atoms with E-state index in [1.54, 1.807) is 4.90 Å². The van der Waals surface area contributed by atoms with Gasteiger partial charge in [-0.25, -0.2) is 0 Å². The molecular formula is C26H30N4O4S. The molecule has 0 aromatic heterocycles. The number of hydrogen-bond acceptors (Lipinski definition) is 6. The molecule has 8 nitrogen and oxygen atoms in total. The molecule has 1 unspecified atom stereocenters. The van der Waals surface area contributed by atoms with Crippen LogP contribution in [0.4, 0.5) is 5.69 Å². The van der Waals surface area contributed by atoms with Gasteiger partial charge in [-0.1, -0.05) is 50.6 Å². The Hall–Kier alpha value is -3.33. The van der Waals surface area contributed by atoms with Crippen LogP contribution in [0.15, 0.2) is 47.6 Å². The van der Waals surface area contributed by atoms with Crippen LogP contribution in [0.25, 0.3) is 0 Å². The van der Waals surface area contributed by atoms with Crippen LogP contribution in [0.1, 0.15) is 51.3 Å². The SMILES string of the molecule is CC(=O)NC1=NN(C(C)=O)C2(S1)C(=O)N(CCOc1ccc(C(C)(C)C)cc1)c1ccc(C)cc12. The standard InChI is InChI=1S/C26H30N4O4S/c1-16-7-12-22-21(15-16)26(30(18(3)32)28-24(35-26)27-17(2)31)23(33)29(22)13-14-34-20-10-8-19(9-11-20)25(4,5)6/h7-12,15H,13-14H2,1-6H3,(H,27,28,31). The van der Waals surface area contributed by atoms with E-state index in [0.29, 0.717) is 17.8 Å². The summed E-state index contributed by atoms with van der Waals surface area (Å²) in [6, 6.07) is 13.7. The average molecular weight is 495 g/mol. The summed E-state index contributed by atoms with van der Waals surface area (Å²) in [5.74, 6) is -0.292. The van der Waals surface area contributed by atoms with Gasteiger partial charge < -0.3 is 15.0 Å². The minimum atomic E-state index is -1.40. The number of nitrogens with zero attached hydrogens (tertiary/aromatic N) is 3. The second-order valence-electron chi connectivity index (χ2n) is 9.76. The van der Waals surface area contributed by atoms with E-state index < -0.39 is 10.8 Å². The summed E-state index contributed by atoms with van der Waals surface area (Å²) in [5, 5.41) is 8.30. The molecule has 2 aromatic carbocycles. The zero-order valence-electron chi connectivity index (χ0n) is 20.8. The normalized spacial score (nSPS) is 19.1. The molecule has 1 atom stereocenters. The smallest absolute Gasteiger partial charge is 0.270 e. The van der Waals surface area contributed by atoms with Crippen LogP contribution < -0.4 is 15.0 Å². The Bertz CT molecular complexity index is 1220. The van der Waals surface area contributed by atoms with E-state index in [1.165, 1.54) is 24.4 Å². The quantitative estimate of drug-likeness (QED) is 0.697. The zero-order chi connectivity index (χ0) is 25.5. The summed E-state index contributed by atoms with van der Waals surface area (Å²) in [7, 11) is 0. The molecule has 0 saturated heterocycles. The summed E-state index contributed by atoms with van der Waals surface area (Å²) in [5.41, 5.74) is 3.58. The lowest BCUT2D eigenvalue weighted by atomic mass is 9.87. The van der Waals surface area contributed by atoms with Crippen molar-refractivity contribution in [2.24, 2.45) is 5.10 Å². The van der Waals surface area contributed by atoms with Gasteiger partial charge in [0.05, 0.1) is 12.2 Å². The van der Waals surface area contributed by atoms with E-state index in [4.69, 9.17) is 4.74 Å². The Morgan fingerprint density at radius 1 is 1.11 bits per heavy atom. The summed E-state index contributed by atoms with van der Waals surface area (Å²) in [6.07, 6.45) is 0. The van der Waals surface area contributed by atoms with Gasteiger partial charge in [-0.2, -0.15) is 5.01 Å². The highest BCUT2D eigenvalue weighted by Crippen LogP contribution is 2.54. The largest absolute Gasteiger partial charge is 0.492 e. The Morgan fingerprint density at radius 2 is 1.80 bits per heavy atom. The van der Waals surface area contributed by atoms with E-state index in [-0.39, 0.29) is 29.0 Å². The molecule has 0 fully saturated rings. The fourth-order valence-corrected chi connectivity index (χ4v) is 5.58. The van der Waals surface area contributed by atoms with Crippen molar-refractivity contribution in [2.75, 3.05) is 18.1 Å². The molecule has 0 bridgehead atoms. The molecule has 3 amide bonds. The molecule has 0 radical (unpaired) electrons. The Labute approximate surface area is 209 Å². The van der Waals surface area contributed by atoms with Crippen LogP contribution in [-0.2, 0) is 24.7 Å². The van der Waals surface area contributed by atoms with Crippen molar-refractivity contribution >= 4 is 40.3 Å². The molecule has 1 spiro atoms. The van der Waals surface area contributed by atoms with Gasteiger partial charge in [-0.05, 0) is 47.9 Å². The van der Waals surface area contributed by atoms with Crippen molar-refractivity contribution in [3.05, 3.63) is 59.2 Å². The molecule has 2 aromatic rings. The number of hydrogen-bond donors (Lipinski definition) is 1.